The molecule has 7 heteroatoms. The summed E-state index contributed by atoms with van der Waals surface area (Å²) in [6.45, 7) is 7.21. The van der Waals surface area contributed by atoms with Crippen molar-refractivity contribution in [2.45, 2.75) is 65.0 Å². The van der Waals surface area contributed by atoms with Crippen molar-refractivity contribution in [3.63, 3.8) is 0 Å². The zero-order valence-electron chi connectivity index (χ0n) is 17.7. The number of hydrogen-bond acceptors (Lipinski definition) is 5. The molecule has 6 nitrogen and oxygen atoms in total. The van der Waals surface area contributed by atoms with Crippen molar-refractivity contribution >= 4 is 18.3 Å². The van der Waals surface area contributed by atoms with E-state index in [-0.39, 0.29) is 30.4 Å². The fourth-order valence-corrected chi connectivity index (χ4v) is 4.78. The van der Waals surface area contributed by atoms with Gasteiger partial charge in [-0.05, 0) is 70.4 Å². The standard InChI is InChI=1S/C22H34N2O4.ClH/c1-4-26-18-12-16(13-19(27-5-2)21(18)28-6-3)22(25)24-20-14-8-7-9-15(20)11-17(23)10-14;/h12-15,17,20H,4-11,23H2,1-3H3,(H,24,25);1H. The van der Waals surface area contributed by atoms with E-state index in [0.29, 0.717) is 54.5 Å². The molecule has 0 spiro atoms. The molecule has 3 rings (SSSR count). The monoisotopic (exact) mass is 426 g/mol. The number of fused-ring (bicyclic) bond motifs is 2. The Hall–Kier alpha value is -1.66. The Morgan fingerprint density at radius 1 is 1.00 bits per heavy atom. The predicted octanol–water partition coefficient (Wildman–Crippen LogP) is 3.94. The molecule has 2 bridgehead atoms. The van der Waals surface area contributed by atoms with Gasteiger partial charge in [-0.1, -0.05) is 6.42 Å². The second-order valence-corrected chi connectivity index (χ2v) is 7.78. The lowest BCUT2D eigenvalue weighted by atomic mass is 9.67. The number of nitrogens with two attached hydrogens (primary N) is 1. The molecule has 2 aliphatic carbocycles. The number of amides is 1. The molecule has 2 unspecified atom stereocenters. The minimum absolute atomic E-state index is 0. The number of hydrogen-bond donors (Lipinski definition) is 2. The van der Waals surface area contributed by atoms with Crippen LogP contribution in [0.2, 0.25) is 0 Å². The first-order valence-corrected chi connectivity index (χ1v) is 10.7. The maximum atomic E-state index is 13.1. The van der Waals surface area contributed by atoms with Gasteiger partial charge in [0.15, 0.2) is 11.5 Å². The zero-order valence-corrected chi connectivity index (χ0v) is 18.6. The lowest BCUT2D eigenvalue weighted by Crippen LogP contribution is -2.53. The summed E-state index contributed by atoms with van der Waals surface area (Å²) < 4.78 is 17.2. The van der Waals surface area contributed by atoms with Gasteiger partial charge < -0.3 is 25.3 Å². The topological polar surface area (TPSA) is 82.8 Å². The molecule has 0 radical (unpaired) electrons. The molecular formula is C22H35ClN2O4. The molecule has 1 amide bonds. The van der Waals surface area contributed by atoms with E-state index in [1.54, 1.807) is 12.1 Å². The largest absolute Gasteiger partial charge is 0.490 e. The van der Waals surface area contributed by atoms with Gasteiger partial charge in [-0.3, -0.25) is 4.79 Å². The van der Waals surface area contributed by atoms with Crippen molar-refractivity contribution in [3.05, 3.63) is 17.7 Å². The van der Waals surface area contributed by atoms with Crippen LogP contribution < -0.4 is 25.3 Å². The van der Waals surface area contributed by atoms with Gasteiger partial charge in [-0.15, -0.1) is 12.4 Å². The van der Waals surface area contributed by atoms with Gasteiger partial charge in [-0.2, -0.15) is 0 Å². The SMILES string of the molecule is CCOc1cc(C(=O)NC2C3CCCC2CC(N)C3)cc(OCC)c1OCC.Cl. The highest BCUT2D eigenvalue weighted by Gasteiger charge is 2.40. The number of halogens is 1. The summed E-state index contributed by atoms with van der Waals surface area (Å²) in [4.78, 5) is 13.1. The van der Waals surface area contributed by atoms with E-state index in [1.807, 2.05) is 20.8 Å². The second-order valence-electron chi connectivity index (χ2n) is 7.78. The van der Waals surface area contributed by atoms with E-state index < -0.39 is 0 Å². The Balaban J connectivity index is 0.00000300. The third-order valence-corrected chi connectivity index (χ3v) is 5.85. The summed E-state index contributed by atoms with van der Waals surface area (Å²) in [6, 6.07) is 4.00. The lowest BCUT2D eigenvalue weighted by Gasteiger charge is -2.45. The molecule has 0 aromatic heterocycles. The zero-order chi connectivity index (χ0) is 20.1. The normalized spacial score (nSPS) is 25.5. The van der Waals surface area contributed by atoms with Gasteiger partial charge >= 0.3 is 0 Å². The molecule has 1 aromatic carbocycles. The van der Waals surface area contributed by atoms with Gasteiger partial charge in [-0.25, -0.2) is 0 Å². The molecule has 3 N–H and O–H groups in total. The summed E-state index contributed by atoms with van der Waals surface area (Å²) in [7, 11) is 0. The number of carbonyl (C=O) groups is 1. The van der Waals surface area contributed by atoms with E-state index in [1.165, 1.54) is 6.42 Å². The second kappa shape index (κ2) is 10.9. The highest BCUT2D eigenvalue weighted by atomic mass is 35.5. The van der Waals surface area contributed by atoms with Gasteiger partial charge in [0.05, 0.1) is 19.8 Å². The fraction of sp³-hybridized carbons (Fsp3) is 0.682. The number of ether oxygens (including phenoxy) is 3. The Morgan fingerprint density at radius 3 is 2.00 bits per heavy atom. The van der Waals surface area contributed by atoms with Crippen molar-refractivity contribution < 1.29 is 19.0 Å². The summed E-state index contributed by atoms with van der Waals surface area (Å²) in [5.74, 6) is 2.53. The van der Waals surface area contributed by atoms with Crippen LogP contribution in [-0.4, -0.2) is 37.8 Å². The molecule has 2 saturated carbocycles. The summed E-state index contributed by atoms with van der Waals surface area (Å²) >= 11 is 0. The molecule has 29 heavy (non-hydrogen) atoms. The van der Waals surface area contributed by atoms with E-state index in [2.05, 4.69) is 5.32 Å². The number of benzene rings is 1. The lowest BCUT2D eigenvalue weighted by molar-refractivity contribution is 0.0755. The Morgan fingerprint density at radius 2 is 1.52 bits per heavy atom. The molecular weight excluding hydrogens is 392 g/mol. The van der Waals surface area contributed by atoms with Crippen LogP contribution >= 0.6 is 12.4 Å². The summed E-state index contributed by atoms with van der Waals surface area (Å²) in [6.07, 6.45) is 5.53. The van der Waals surface area contributed by atoms with Crippen molar-refractivity contribution in [2.24, 2.45) is 17.6 Å². The van der Waals surface area contributed by atoms with Crippen molar-refractivity contribution in [1.29, 1.82) is 0 Å². The third kappa shape index (κ3) is 5.48. The van der Waals surface area contributed by atoms with Crippen LogP contribution in [-0.2, 0) is 0 Å². The Bertz CT molecular complexity index is 644. The quantitative estimate of drug-likeness (QED) is 0.657. The fourth-order valence-electron chi connectivity index (χ4n) is 4.78. The van der Waals surface area contributed by atoms with Crippen LogP contribution in [0.15, 0.2) is 12.1 Å². The average molecular weight is 427 g/mol. The molecule has 0 heterocycles. The molecule has 2 aliphatic rings. The average Bonchev–Trinajstić information content (AvgIpc) is 2.65. The van der Waals surface area contributed by atoms with Crippen LogP contribution in [0.3, 0.4) is 0 Å². The molecule has 0 aliphatic heterocycles. The van der Waals surface area contributed by atoms with Crippen LogP contribution in [0.1, 0.15) is 63.2 Å². The van der Waals surface area contributed by atoms with Crippen LogP contribution in [0.4, 0.5) is 0 Å². The van der Waals surface area contributed by atoms with E-state index >= 15 is 0 Å². The van der Waals surface area contributed by atoms with Gasteiger partial charge in [0.25, 0.3) is 5.91 Å². The first-order valence-electron chi connectivity index (χ1n) is 10.7. The minimum Gasteiger partial charge on any atom is -0.490 e. The number of carbonyl (C=O) groups excluding carboxylic acids is 1. The van der Waals surface area contributed by atoms with Crippen LogP contribution in [0, 0.1) is 11.8 Å². The molecule has 2 atom stereocenters. The van der Waals surface area contributed by atoms with Crippen molar-refractivity contribution in [3.8, 4) is 17.2 Å². The van der Waals surface area contributed by atoms with Crippen molar-refractivity contribution in [2.75, 3.05) is 19.8 Å². The maximum Gasteiger partial charge on any atom is 0.251 e. The van der Waals surface area contributed by atoms with Crippen LogP contribution in [0.5, 0.6) is 17.2 Å². The first kappa shape index (κ1) is 23.6. The third-order valence-electron chi connectivity index (χ3n) is 5.85. The molecule has 0 saturated heterocycles. The van der Waals surface area contributed by atoms with Gasteiger partial charge in [0.1, 0.15) is 0 Å². The van der Waals surface area contributed by atoms with E-state index in [4.69, 9.17) is 19.9 Å². The van der Waals surface area contributed by atoms with Gasteiger partial charge in [0, 0.05) is 17.6 Å². The first-order chi connectivity index (χ1) is 13.6. The Labute approximate surface area is 180 Å². The highest BCUT2D eigenvalue weighted by Crippen LogP contribution is 2.41. The van der Waals surface area contributed by atoms with Crippen molar-refractivity contribution in [1.82, 2.24) is 5.32 Å². The Kier molecular flexibility index (Phi) is 8.90. The van der Waals surface area contributed by atoms with E-state index in [9.17, 15) is 4.79 Å². The minimum atomic E-state index is -0.0812. The summed E-state index contributed by atoms with van der Waals surface area (Å²) in [5.41, 5.74) is 6.77. The van der Waals surface area contributed by atoms with Crippen LogP contribution in [0.25, 0.3) is 0 Å². The predicted molar refractivity (Wildman–Crippen MR) is 116 cm³/mol. The molecule has 164 valence electrons. The summed E-state index contributed by atoms with van der Waals surface area (Å²) in [5, 5.41) is 3.30. The molecule has 2 fully saturated rings. The number of rotatable bonds is 8. The van der Waals surface area contributed by atoms with Gasteiger partial charge in [0.2, 0.25) is 5.75 Å². The van der Waals surface area contributed by atoms with E-state index in [0.717, 1.165) is 25.7 Å². The number of nitrogens with one attached hydrogen (secondary N) is 1. The molecule has 1 aromatic rings. The highest BCUT2D eigenvalue weighted by molar-refractivity contribution is 5.96. The smallest absolute Gasteiger partial charge is 0.251 e. The maximum absolute atomic E-state index is 13.1.